The molecule has 2 amide bonds. The highest BCUT2D eigenvalue weighted by molar-refractivity contribution is 5.95. The number of aromatic nitrogens is 3. The van der Waals surface area contributed by atoms with Gasteiger partial charge in [0.2, 0.25) is 11.8 Å². The molecule has 5 rings (SSSR count). The molecule has 1 N–H and O–H groups in total. The van der Waals surface area contributed by atoms with Crippen molar-refractivity contribution in [2.75, 3.05) is 18.5 Å². The molecule has 0 atom stereocenters. The van der Waals surface area contributed by atoms with E-state index in [1.165, 1.54) is 12.8 Å². The number of para-hydroxylation sites is 1. The van der Waals surface area contributed by atoms with Crippen LogP contribution in [-0.2, 0) is 29.0 Å². The Morgan fingerprint density at radius 2 is 2.03 bits per heavy atom. The zero-order valence-electron chi connectivity index (χ0n) is 18.0. The molecule has 1 saturated carbocycles. The Balaban J connectivity index is 1.34. The number of anilines is 1. The number of benzene rings is 1. The third-order valence-electron chi connectivity index (χ3n) is 6.34. The predicted molar refractivity (Wildman–Crippen MR) is 119 cm³/mol. The molecular weight excluding hydrogens is 390 g/mol. The standard InChI is InChI=1S/C24H27N5O2/c1-15-18-9-10-22(30)29(13-16-7-8-16)24(18)27-21(26-15)14-28(2)23(31)11-17-12-25-20-6-4-3-5-19(17)20/h3-6,12,16,25H,7-11,13-14H2,1-2H3. The molecule has 0 radical (unpaired) electrons. The number of hydrogen-bond acceptors (Lipinski definition) is 4. The Morgan fingerprint density at radius 3 is 2.84 bits per heavy atom. The van der Waals surface area contributed by atoms with Crippen LogP contribution in [-0.4, -0.2) is 45.3 Å². The topological polar surface area (TPSA) is 82.2 Å². The first-order chi connectivity index (χ1) is 15.0. The maximum atomic E-state index is 12.9. The second kappa shape index (κ2) is 7.80. The molecule has 7 heteroatoms. The van der Waals surface area contributed by atoms with Crippen molar-refractivity contribution in [3.05, 3.63) is 53.1 Å². The monoisotopic (exact) mass is 417 g/mol. The Labute approximate surface area is 181 Å². The van der Waals surface area contributed by atoms with Crippen molar-refractivity contribution in [2.45, 2.75) is 45.6 Å². The van der Waals surface area contributed by atoms with Gasteiger partial charge in [-0.1, -0.05) is 18.2 Å². The number of carbonyl (C=O) groups excluding carboxylic acids is 2. The molecule has 1 fully saturated rings. The lowest BCUT2D eigenvalue weighted by molar-refractivity contribution is -0.129. The van der Waals surface area contributed by atoms with Gasteiger partial charge in [0.05, 0.1) is 13.0 Å². The SMILES string of the molecule is Cc1nc(CN(C)C(=O)Cc2c[nH]c3ccccc23)nc2c1CCC(=O)N2CC1CC1. The van der Waals surface area contributed by atoms with Crippen LogP contribution in [0.1, 0.15) is 41.9 Å². The van der Waals surface area contributed by atoms with Gasteiger partial charge in [-0.2, -0.15) is 0 Å². The number of fused-ring (bicyclic) bond motifs is 2. The first-order valence-electron chi connectivity index (χ1n) is 11.0. The Hall–Kier alpha value is -3.22. The minimum absolute atomic E-state index is 0.00893. The minimum atomic E-state index is 0.00893. The van der Waals surface area contributed by atoms with E-state index in [9.17, 15) is 9.59 Å². The zero-order chi connectivity index (χ0) is 21.5. The largest absolute Gasteiger partial charge is 0.361 e. The van der Waals surface area contributed by atoms with Crippen LogP contribution in [0.2, 0.25) is 0 Å². The molecular formula is C24H27N5O2. The third kappa shape index (κ3) is 3.92. The van der Waals surface area contributed by atoms with Crippen LogP contribution in [0.25, 0.3) is 10.9 Å². The summed E-state index contributed by atoms with van der Waals surface area (Å²) in [6, 6.07) is 7.98. The fourth-order valence-electron chi connectivity index (χ4n) is 4.33. The normalized spacial score (nSPS) is 15.9. The molecule has 3 aromatic rings. The molecule has 1 aromatic carbocycles. The summed E-state index contributed by atoms with van der Waals surface area (Å²) >= 11 is 0. The highest BCUT2D eigenvalue weighted by Crippen LogP contribution is 2.35. The van der Waals surface area contributed by atoms with Gasteiger partial charge in [-0.25, -0.2) is 9.97 Å². The number of rotatable bonds is 6. The molecule has 0 unspecified atom stereocenters. The van der Waals surface area contributed by atoms with E-state index >= 15 is 0 Å². The molecule has 2 aliphatic rings. The van der Waals surface area contributed by atoms with Crippen molar-refractivity contribution < 1.29 is 9.59 Å². The number of amides is 2. The van der Waals surface area contributed by atoms with Crippen molar-refractivity contribution in [1.29, 1.82) is 0 Å². The van der Waals surface area contributed by atoms with Gasteiger partial charge in [-0.3, -0.25) is 14.5 Å². The van der Waals surface area contributed by atoms with E-state index < -0.39 is 0 Å². The lowest BCUT2D eigenvalue weighted by Crippen LogP contribution is -2.38. The van der Waals surface area contributed by atoms with Crippen molar-refractivity contribution in [3.63, 3.8) is 0 Å². The van der Waals surface area contributed by atoms with E-state index in [0.29, 0.717) is 37.5 Å². The van der Waals surface area contributed by atoms with Crippen LogP contribution in [0.5, 0.6) is 0 Å². The van der Waals surface area contributed by atoms with Crippen molar-refractivity contribution >= 4 is 28.5 Å². The molecule has 3 heterocycles. The van der Waals surface area contributed by atoms with Crippen LogP contribution in [0.4, 0.5) is 5.82 Å². The molecule has 1 aliphatic carbocycles. The molecule has 7 nitrogen and oxygen atoms in total. The summed E-state index contributed by atoms with van der Waals surface area (Å²) in [5, 5.41) is 1.07. The van der Waals surface area contributed by atoms with Gasteiger partial charge in [-0.15, -0.1) is 0 Å². The maximum absolute atomic E-state index is 12.9. The van der Waals surface area contributed by atoms with Gasteiger partial charge in [0.1, 0.15) is 11.6 Å². The molecule has 0 bridgehead atoms. The molecule has 1 aliphatic heterocycles. The summed E-state index contributed by atoms with van der Waals surface area (Å²) in [6.07, 6.45) is 5.79. The van der Waals surface area contributed by atoms with Crippen LogP contribution >= 0.6 is 0 Å². The number of nitrogens with one attached hydrogen (secondary N) is 1. The molecule has 2 aromatic heterocycles. The maximum Gasteiger partial charge on any atom is 0.228 e. The van der Waals surface area contributed by atoms with Crippen LogP contribution in [0.15, 0.2) is 30.5 Å². The number of carbonyl (C=O) groups is 2. The lowest BCUT2D eigenvalue weighted by Gasteiger charge is -2.29. The predicted octanol–water partition coefficient (Wildman–Crippen LogP) is 3.16. The molecule has 0 saturated heterocycles. The average molecular weight is 418 g/mol. The van der Waals surface area contributed by atoms with Crippen molar-refractivity contribution in [2.24, 2.45) is 5.92 Å². The zero-order valence-corrected chi connectivity index (χ0v) is 18.0. The van der Waals surface area contributed by atoms with Crippen LogP contribution < -0.4 is 4.90 Å². The number of likely N-dealkylation sites (N-methyl/N-ethyl adjacent to an activating group) is 1. The van der Waals surface area contributed by atoms with Crippen molar-refractivity contribution in [3.8, 4) is 0 Å². The van der Waals surface area contributed by atoms with Gasteiger partial charge in [0.25, 0.3) is 0 Å². The quantitative estimate of drug-likeness (QED) is 0.668. The average Bonchev–Trinajstić information content (AvgIpc) is 3.49. The van der Waals surface area contributed by atoms with E-state index in [2.05, 4.69) is 9.97 Å². The number of aromatic amines is 1. The van der Waals surface area contributed by atoms with Gasteiger partial charge in [-0.05, 0) is 43.7 Å². The highest BCUT2D eigenvalue weighted by atomic mass is 16.2. The summed E-state index contributed by atoms with van der Waals surface area (Å²) in [5.74, 6) is 2.08. The van der Waals surface area contributed by atoms with Crippen LogP contribution in [0.3, 0.4) is 0 Å². The summed E-state index contributed by atoms with van der Waals surface area (Å²) < 4.78 is 0. The summed E-state index contributed by atoms with van der Waals surface area (Å²) in [4.78, 5) is 41.6. The molecule has 160 valence electrons. The molecule has 31 heavy (non-hydrogen) atoms. The fourth-order valence-corrected chi connectivity index (χ4v) is 4.33. The van der Waals surface area contributed by atoms with Crippen molar-refractivity contribution in [1.82, 2.24) is 19.9 Å². The minimum Gasteiger partial charge on any atom is -0.361 e. The number of aryl methyl sites for hydroxylation is 1. The van der Waals surface area contributed by atoms with E-state index in [-0.39, 0.29) is 11.8 Å². The third-order valence-corrected chi connectivity index (χ3v) is 6.34. The summed E-state index contributed by atoms with van der Waals surface area (Å²) in [5.41, 5.74) is 3.99. The van der Waals surface area contributed by atoms with Gasteiger partial charge < -0.3 is 9.88 Å². The second-order valence-corrected chi connectivity index (χ2v) is 8.76. The molecule has 0 spiro atoms. The van der Waals surface area contributed by atoms with E-state index in [4.69, 9.17) is 4.98 Å². The van der Waals surface area contributed by atoms with Gasteiger partial charge >= 0.3 is 0 Å². The highest BCUT2D eigenvalue weighted by Gasteiger charge is 2.33. The van der Waals surface area contributed by atoms with E-state index in [1.807, 2.05) is 42.3 Å². The first kappa shape index (κ1) is 19.7. The van der Waals surface area contributed by atoms with Gasteiger partial charge in [0, 0.05) is 48.4 Å². The smallest absolute Gasteiger partial charge is 0.228 e. The summed E-state index contributed by atoms with van der Waals surface area (Å²) in [6.45, 7) is 3.04. The van der Waals surface area contributed by atoms with E-state index in [0.717, 1.165) is 40.1 Å². The Kier molecular flexibility index (Phi) is 4.96. The van der Waals surface area contributed by atoms with E-state index in [1.54, 1.807) is 11.9 Å². The van der Waals surface area contributed by atoms with Crippen LogP contribution in [0, 0.1) is 12.8 Å². The number of H-pyrrole nitrogens is 1. The Morgan fingerprint density at radius 1 is 1.23 bits per heavy atom. The Bertz CT molecular complexity index is 1160. The summed E-state index contributed by atoms with van der Waals surface area (Å²) in [7, 11) is 1.78. The second-order valence-electron chi connectivity index (χ2n) is 8.76. The van der Waals surface area contributed by atoms with Gasteiger partial charge in [0.15, 0.2) is 0 Å². The number of nitrogens with zero attached hydrogens (tertiary/aromatic N) is 4. The first-order valence-corrected chi connectivity index (χ1v) is 11.0. The fraction of sp³-hybridized carbons (Fsp3) is 0.417. The number of hydrogen-bond donors (Lipinski definition) is 1. The lowest BCUT2D eigenvalue weighted by atomic mass is 10.0.